The second-order valence-electron chi connectivity index (χ2n) is 1.67. The van der Waals surface area contributed by atoms with Gasteiger partial charge in [0, 0.05) is 5.03 Å². The Labute approximate surface area is 68.9 Å². The summed E-state index contributed by atoms with van der Waals surface area (Å²) in [6.45, 7) is 1.97. The Kier molecular flexibility index (Phi) is 5.97. The van der Waals surface area contributed by atoms with Crippen molar-refractivity contribution in [3.05, 3.63) is 11.1 Å². The lowest BCUT2D eigenvalue weighted by Crippen LogP contribution is -1.98. The van der Waals surface area contributed by atoms with Crippen molar-refractivity contribution in [2.45, 2.75) is 13.3 Å². The van der Waals surface area contributed by atoms with Gasteiger partial charge in [0.25, 0.3) is 0 Å². The van der Waals surface area contributed by atoms with Gasteiger partial charge in [0.2, 0.25) is 0 Å². The number of halogens is 1. The van der Waals surface area contributed by atoms with E-state index in [0.717, 1.165) is 6.42 Å². The third-order valence-corrected chi connectivity index (χ3v) is 2.23. The standard InChI is InChI=1S/C6H11ClO2S/c1-3-4-6(7)5-10(8)9-2/h4H,3,5H2,1-2H3/b6-4+. The van der Waals surface area contributed by atoms with Crippen molar-refractivity contribution in [3.63, 3.8) is 0 Å². The maximum absolute atomic E-state index is 10.7. The quantitative estimate of drug-likeness (QED) is 0.663. The van der Waals surface area contributed by atoms with Crippen LogP contribution in [0.2, 0.25) is 0 Å². The number of allylic oxidation sites excluding steroid dienone is 1. The third kappa shape index (κ3) is 4.97. The van der Waals surface area contributed by atoms with E-state index in [4.69, 9.17) is 11.6 Å². The second-order valence-corrected chi connectivity index (χ2v) is 3.39. The SMILES string of the molecule is CC/C=C(/Cl)CS(=O)OC. The zero-order valence-corrected chi connectivity index (χ0v) is 7.67. The van der Waals surface area contributed by atoms with Crippen LogP contribution in [0.3, 0.4) is 0 Å². The normalized spacial score (nSPS) is 15.3. The molecule has 0 aromatic rings. The second kappa shape index (κ2) is 5.89. The third-order valence-electron chi connectivity index (χ3n) is 0.867. The molecule has 1 unspecified atom stereocenters. The molecule has 0 aliphatic rings. The fourth-order valence-corrected chi connectivity index (χ4v) is 1.33. The van der Waals surface area contributed by atoms with Crippen LogP contribution in [0, 0.1) is 0 Å². The lowest BCUT2D eigenvalue weighted by molar-refractivity contribution is 0.447. The van der Waals surface area contributed by atoms with E-state index >= 15 is 0 Å². The molecule has 1 atom stereocenters. The van der Waals surface area contributed by atoms with Crippen molar-refractivity contribution in [2.75, 3.05) is 12.9 Å². The first-order chi connectivity index (χ1) is 4.70. The highest BCUT2D eigenvalue weighted by molar-refractivity contribution is 7.80. The molecule has 0 heterocycles. The first-order valence-electron chi connectivity index (χ1n) is 2.98. The predicted octanol–water partition coefficient (Wildman–Crippen LogP) is 1.83. The summed E-state index contributed by atoms with van der Waals surface area (Å²) in [5.74, 6) is 0.298. The van der Waals surface area contributed by atoms with E-state index in [1.807, 2.05) is 13.0 Å². The summed E-state index contributed by atoms with van der Waals surface area (Å²) in [5.41, 5.74) is 0. The van der Waals surface area contributed by atoms with E-state index in [9.17, 15) is 4.21 Å². The summed E-state index contributed by atoms with van der Waals surface area (Å²) >= 11 is 4.38. The molecule has 0 saturated carbocycles. The molecule has 0 saturated heterocycles. The van der Waals surface area contributed by atoms with Gasteiger partial charge in [-0.1, -0.05) is 24.6 Å². The Balaban J connectivity index is 3.67. The predicted molar refractivity (Wildman–Crippen MR) is 44.2 cm³/mol. The molecule has 0 aliphatic carbocycles. The largest absolute Gasteiger partial charge is 0.294 e. The van der Waals surface area contributed by atoms with E-state index < -0.39 is 11.1 Å². The van der Waals surface area contributed by atoms with Crippen molar-refractivity contribution in [2.24, 2.45) is 0 Å². The molecule has 0 radical (unpaired) electrons. The summed E-state index contributed by atoms with van der Waals surface area (Å²) in [7, 11) is 1.40. The molecule has 4 heteroatoms. The van der Waals surface area contributed by atoms with Gasteiger partial charge >= 0.3 is 0 Å². The minimum absolute atomic E-state index is 0.298. The topological polar surface area (TPSA) is 26.3 Å². The maximum atomic E-state index is 10.7. The van der Waals surface area contributed by atoms with Gasteiger partial charge in [0.1, 0.15) is 0 Å². The molecule has 0 spiro atoms. The molecule has 0 aliphatic heterocycles. The molecular weight excluding hydrogens is 172 g/mol. The first kappa shape index (κ1) is 10.1. The Morgan fingerprint density at radius 1 is 1.80 bits per heavy atom. The van der Waals surface area contributed by atoms with Crippen LogP contribution in [-0.2, 0) is 15.3 Å². The fraction of sp³-hybridized carbons (Fsp3) is 0.667. The minimum Gasteiger partial charge on any atom is -0.294 e. The lowest BCUT2D eigenvalue weighted by Gasteiger charge is -1.95. The van der Waals surface area contributed by atoms with Gasteiger partial charge in [0.15, 0.2) is 11.1 Å². The molecule has 0 amide bonds. The number of hydrogen-bond donors (Lipinski definition) is 0. The van der Waals surface area contributed by atoms with Crippen molar-refractivity contribution in [1.29, 1.82) is 0 Å². The van der Waals surface area contributed by atoms with Crippen molar-refractivity contribution < 1.29 is 8.39 Å². The van der Waals surface area contributed by atoms with Gasteiger partial charge in [-0.05, 0) is 6.42 Å². The molecule has 0 aromatic heterocycles. The van der Waals surface area contributed by atoms with Gasteiger partial charge in [-0.25, -0.2) is 4.21 Å². The number of hydrogen-bond acceptors (Lipinski definition) is 2. The minimum atomic E-state index is -1.26. The van der Waals surface area contributed by atoms with Crippen LogP contribution in [0.15, 0.2) is 11.1 Å². The summed E-state index contributed by atoms with van der Waals surface area (Å²) in [6.07, 6.45) is 2.68. The average molecular weight is 183 g/mol. The first-order valence-corrected chi connectivity index (χ1v) is 4.60. The number of rotatable bonds is 4. The molecule has 0 N–H and O–H groups in total. The maximum Gasteiger partial charge on any atom is 0.160 e. The molecule has 60 valence electrons. The van der Waals surface area contributed by atoms with Gasteiger partial charge in [-0.3, -0.25) is 4.18 Å². The van der Waals surface area contributed by atoms with E-state index in [-0.39, 0.29) is 0 Å². The Morgan fingerprint density at radius 2 is 2.40 bits per heavy atom. The van der Waals surface area contributed by atoms with Gasteiger partial charge in [-0.2, -0.15) is 0 Å². The average Bonchev–Trinajstić information content (AvgIpc) is 1.88. The van der Waals surface area contributed by atoms with Crippen LogP contribution >= 0.6 is 11.6 Å². The van der Waals surface area contributed by atoms with Gasteiger partial charge in [0.05, 0.1) is 12.9 Å². The summed E-state index contributed by atoms with van der Waals surface area (Å²) < 4.78 is 15.2. The summed E-state index contributed by atoms with van der Waals surface area (Å²) in [4.78, 5) is 0. The van der Waals surface area contributed by atoms with Crippen molar-refractivity contribution in [3.8, 4) is 0 Å². The molecule has 0 bridgehead atoms. The van der Waals surface area contributed by atoms with Gasteiger partial charge in [-0.15, -0.1) is 0 Å². The van der Waals surface area contributed by atoms with E-state index in [1.54, 1.807) is 0 Å². The van der Waals surface area contributed by atoms with Gasteiger partial charge < -0.3 is 0 Å². The highest BCUT2D eigenvalue weighted by Gasteiger charge is 1.98. The van der Waals surface area contributed by atoms with Crippen molar-refractivity contribution >= 4 is 22.7 Å². The van der Waals surface area contributed by atoms with Crippen LogP contribution in [0.4, 0.5) is 0 Å². The Bertz CT molecular complexity index is 145. The molecule has 0 fully saturated rings. The van der Waals surface area contributed by atoms with Crippen LogP contribution in [-0.4, -0.2) is 17.1 Å². The van der Waals surface area contributed by atoms with E-state index in [0.29, 0.717) is 10.8 Å². The highest BCUT2D eigenvalue weighted by Crippen LogP contribution is 2.04. The van der Waals surface area contributed by atoms with Crippen LogP contribution in [0.1, 0.15) is 13.3 Å². The fourth-order valence-electron chi connectivity index (χ4n) is 0.452. The highest BCUT2D eigenvalue weighted by atomic mass is 35.5. The molecular formula is C6H11ClO2S. The summed E-state index contributed by atoms with van der Waals surface area (Å²) in [5, 5.41) is 0.600. The van der Waals surface area contributed by atoms with Crippen LogP contribution in [0.25, 0.3) is 0 Å². The zero-order valence-electron chi connectivity index (χ0n) is 6.09. The summed E-state index contributed by atoms with van der Waals surface area (Å²) in [6, 6.07) is 0. The van der Waals surface area contributed by atoms with E-state index in [1.165, 1.54) is 7.11 Å². The Morgan fingerprint density at radius 3 is 2.80 bits per heavy atom. The lowest BCUT2D eigenvalue weighted by atomic mass is 10.4. The molecule has 2 nitrogen and oxygen atoms in total. The molecule has 0 aromatic carbocycles. The molecule has 10 heavy (non-hydrogen) atoms. The monoisotopic (exact) mass is 182 g/mol. The van der Waals surface area contributed by atoms with Crippen LogP contribution in [0.5, 0.6) is 0 Å². The molecule has 0 rings (SSSR count). The smallest absolute Gasteiger partial charge is 0.160 e. The zero-order chi connectivity index (χ0) is 7.98. The Hall–Kier alpha value is 0.140. The van der Waals surface area contributed by atoms with E-state index in [2.05, 4.69) is 4.18 Å². The van der Waals surface area contributed by atoms with Crippen LogP contribution < -0.4 is 0 Å². The van der Waals surface area contributed by atoms with Crippen molar-refractivity contribution in [1.82, 2.24) is 0 Å².